The van der Waals surface area contributed by atoms with Gasteiger partial charge in [-0.1, -0.05) is 39.0 Å². The van der Waals surface area contributed by atoms with Gasteiger partial charge in [-0.2, -0.15) is 0 Å². The van der Waals surface area contributed by atoms with E-state index in [4.69, 9.17) is 10.1 Å². The number of amides is 1. The third-order valence-corrected chi connectivity index (χ3v) is 5.04. The molecule has 1 amide bonds. The number of hydrogen-bond donors (Lipinski definition) is 1. The number of rotatable bonds is 3. The highest BCUT2D eigenvalue weighted by Gasteiger charge is 2.31. The molecule has 0 saturated carbocycles. The van der Waals surface area contributed by atoms with Crippen molar-refractivity contribution in [3.05, 3.63) is 53.7 Å². The summed E-state index contributed by atoms with van der Waals surface area (Å²) in [6.07, 6.45) is 1.83. The fraction of sp³-hybridized carbons (Fsp3) is 0.409. The maximum absolute atomic E-state index is 12.4. The Labute approximate surface area is 160 Å². The van der Waals surface area contributed by atoms with Gasteiger partial charge in [0, 0.05) is 35.7 Å². The highest BCUT2D eigenvalue weighted by molar-refractivity contribution is 5.88. The summed E-state index contributed by atoms with van der Waals surface area (Å²) in [5, 5.41) is 9.03. The van der Waals surface area contributed by atoms with E-state index in [1.807, 2.05) is 43.9 Å². The molecule has 0 atom stereocenters. The number of hydrogen-bond acceptors (Lipinski definition) is 3. The molecule has 3 rings (SSSR count). The molecule has 1 aromatic carbocycles. The summed E-state index contributed by atoms with van der Waals surface area (Å²) >= 11 is 0. The average molecular weight is 366 g/mol. The Hall–Kier alpha value is -2.69. The van der Waals surface area contributed by atoms with Crippen molar-refractivity contribution in [3.63, 3.8) is 0 Å². The molecule has 1 saturated heterocycles. The van der Waals surface area contributed by atoms with Gasteiger partial charge in [0.25, 0.3) is 0 Å². The predicted octanol–water partition coefficient (Wildman–Crippen LogP) is 4.20. The molecule has 0 radical (unpaired) electrons. The number of benzene rings is 1. The van der Waals surface area contributed by atoms with E-state index in [9.17, 15) is 9.59 Å². The van der Waals surface area contributed by atoms with Crippen molar-refractivity contribution >= 4 is 11.9 Å². The first-order chi connectivity index (χ1) is 12.8. The average Bonchev–Trinajstić information content (AvgIpc) is 2.67. The molecule has 0 bridgehead atoms. The third-order valence-electron chi connectivity index (χ3n) is 5.04. The van der Waals surface area contributed by atoms with Crippen LogP contribution in [0.4, 0.5) is 0 Å². The molecule has 0 unspecified atom stereocenters. The van der Waals surface area contributed by atoms with E-state index in [-0.39, 0.29) is 16.9 Å². The zero-order valence-corrected chi connectivity index (χ0v) is 16.1. The van der Waals surface area contributed by atoms with Crippen LogP contribution in [0.2, 0.25) is 0 Å². The summed E-state index contributed by atoms with van der Waals surface area (Å²) in [4.78, 5) is 30.2. The molecule has 27 heavy (non-hydrogen) atoms. The fourth-order valence-corrected chi connectivity index (χ4v) is 3.48. The maximum Gasteiger partial charge on any atom is 0.335 e. The Morgan fingerprint density at radius 1 is 1.04 bits per heavy atom. The van der Waals surface area contributed by atoms with Crippen LogP contribution in [0, 0.1) is 5.41 Å². The molecular weight excluding hydrogens is 340 g/mol. The van der Waals surface area contributed by atoms with E-state index in [2.05, 4.69) is 0 Å². The van der Waals surface area contributed by atoms with Gasteiger partial charge in [-0.15, -0.1) is 0 Å². The van der Waals surface area contributed by atoms with Crippen LogP contribution in [-0.2, 0) is 4.79 Å². The summed E-state index contributed by atoms with van der Waals surface area (Å²) < 4.78 is 0. The van der Waals surface area contributed by atoms with Crippen LogP contribution in [0.25, 0.3) is 11.3 Å². The molecule has 1 N–H and O–H groups in total. The van der Waals surface area contributed by atoms with Crippen LogP contribution < -0.4 is 0 Å². The number of nitrogens with zero attached hydrogens (tertiary/aromatic N) is 2. The first-order valence-electron chi connectivity index (χ1n) is 9.36. The van der Waals surface area contributed by atoms with Crippen LogP contribution in [0.15, 0.2) is 42.5 Å². The van der Waals surface area contributed by atoms with Crippen molar-refractivity contribution in [1.29, 1.82) is 0 Å². The second kappa shape index (κ2) is 7.51. The standard InChI is InChI=1S/C22H26N2O3/c1-22(2,3)21(27)24-13-11-16(12-14-24)19-6-4-5-18(23-19)15-7-9-17(10-8-15)20(25)26/h4-10,16H,11-14H2,1-3H3,(H,25,26). The van der Waals surface area contributed by atoms with Gasteiger partial charge >= 0.3 is 5.97 Å². The van der Waals surface area contributed by atoms with E-state index in [0.717, 1.165) is 42.9 Å². The van der Waals surface area contributed by atoms with E-state index >= 15 is 0 Å². The fourth-order valence-electron chi connectivity index (χ4n) is 3.48. The van der Waals surface area contributed by atoms with E-state index < -0.39 is 5.97 Å². The summed E-state index contributed by atoms with van der Waals surface area (Å²) in [6, 6.07) is 12.8. The molecule has 1 aromatic heterocycles. The van der Waals surface area contributed by atoms with Crippen molar-refractivity contribution in [3.8, 4) is 11.3 Å². The van der Waals surface area contributed by atoms with Crippen molar-refractivity contribution in [2.45, 2.75) is 39.5 Å². The van der Waals surface area contributed by atoms with Crippen LogP contribution >= 0.6 is 0 Å². The lowest BCUT2D eigenvalue weighted by Gasteiger charge is -2.35. The lowest BCUT2D eigenvalue weighted by molar-refractivity contribution is -0.140. The smallest absolute Gasteiger partial charge is 0.335 e. The molecule has 5 heteroatoms. The van der Waals surface area contributed by atoms with E-state index in [0.29, 0.717) is 5.92 Å². The molecule has 1 fully saturated rings. The molecule has 2 heterocycles. The molecule has 142 valence electrons. The SMILES string of the molecule is CC(C)(C)C(=O)N1CCC(c2cccc(-c3ccc(C(=O)O)cc3)n2)CC1. The topological polar surface area (TPSA) is 70.5 Å². The number of pyridine rings is 1. The number of carbonyl (C=O) groups is 2. The second-order valence-electron chi connectivity index (χ2n) is 8.15. The number of aromatic nitrogens is 1. The summed E-state index contributed by atoms with van der Waals surface area (Å²) in [7, 11) is 0. The van der Waals surface area contributed by atoms with Crippen molar-refractivity contribution in [2.75, 3.05) is 13.1 Å². The highest BCUT2D eigenvalue weighted by Crippen LogP contribution is 2.30. The lowest BCUT2D eigenvalue weighted by atomic mass is 9.89. The van der Waals surface area contributed by atoms with Gasteiger partial charge in [0.1, 0.15) is 0 Å². The Morgan fingerprint density at radius 3 is 2.22 bits per heavy atom. The number of piperidine rings is 1. The van der Waals surface area contributed by atoms with E-state index in [1.165, 1.54) is 0 Å². The zero-order chi connectivity index (χ0) is 19.6. The number of carboxylic acids is 1. The van der Waals surface area contributed by atoms with Gasteiger partial charge in [0.15, 0.2) is 0 Å². The first-order valence-corrected chi connectivity index (χ1v) is 9.36. The van der Waals surface area contributed by atoms with Gasteiger partial charge in [-0.05, 0) is 37.1 Å². The normalized spacial score (nSPS) is 15.6. The van der Waals surface area contributed by atoms with Gasteiger partial charge in [-0.25, -0.2) is 4.79 Å². The monoisotopic (exact) mass is 366 g/mol. The Balaban J connectivity index is 1.71. The van der Waals surface area contributed by atoms with Crippen LogP contribution in [0.5, 0.6) is 0 Å². The number of carboxylic acid groups (broad SMARTS) is 1. The molecule has 0 spiro atoms. The largest absolute Gasteiger partial charge is 0.478 e. The minimum atomic E-state index is -0.931. The van der Waals surface area contributed by atoms with Crippen molar-refractivity contribution in [2.24, 2.45) is 5.41 Å². The molecule has 1 aliphatic heterocycles. The maximum atomic E-state index is 12.4. The second-order valence-corrected chi connectivity index (χ2v) is 8.15. The molecule has 5 nitrogen and oxygen atoms in total. The molecule has 2 aromatic rings. The van der Waals surface area contributed by atoms with Gasteiger partial charge < -0.3 is 10.0 Å². The third kappa shape index (κ3) is 4.35. The summed E-state index contributed by atoms with van der Waals surface area (Å²) in [5.41, 5.74) is 2.72. The number of carbonyl (C=O) groups excluding carboxylic acids is 1. The number of aromatic carboxylic acids is 1. The van der Waals surface area contributed by atoms with Crippen molar-refractivity contribution < 1.29 is 14.7 Å². The van der Waals surface area contributed by atoms with Gasteiger partial charge in [0.05, 0.1) is 11.3 Å². The zero-order valence-electron chi connectivity index (χ0n) is 16.1. The Bertz CT molecular complexity index is 829. The van der Waals surface area contributed by atoms with Gasteiger partial charge in [0.2, 0.25) is 5.91 Å². The summed E-state index contributed by atoms with van der Waals surface area (Å²) in [5.74, 6) is -0.381. The Morgan fingerprint density at radius 2 is 1.67 bits per heavy atom. The Kier molecular flexibility index (Phi) is 5.31. The summed E-state index contributed by atoms with van der Waals surface area (Å²) in [6.45, 7) is 7.41. The molecule has 1 aliphatic rings. The highest BCUT2D eigenvalue weighted by atomic mass is 16.4. The van der Waals surface area contributed by atoms with Gasteiger partial charge in [-0.3, -0.25) is 9.78 Å². The van der Waals surface area contributed by atoms with Crippen LogP contribution in [0.1, 0.15) is 55.6 Å². The molecular formula is C22H26N2O3. The molecule has 0 aliphatic carbocycles. The van der Waals surface area contributed by atoms with Crippen LogP contribution in [0.3, 0.4) is 0 Å². The quantitative estimate of drug-likeness (QED) is 0.884. The minimum Gasteiger partial charge on any atom is -0.478 e. The van der Waals surface area contributed by atoms with Crippen LogP contribution in [-0.4, -0.2) is 40.0 Å². The number of likely N-dealkylation sites (tertiary alicyclic amines) is 1. The minimum absolute atomic E-state index is 0.209. The lowest BCUT2D eigenvalue weighted by Crippen LogP contribution is -2.43. The predicted molar refractivity (Wildman–Crippen MR) is 105 cm³/mol. The first kappa shape index (κ1) is 19.1. The van der Waals surface area contributed by atoms with Crippen molar-refractivity contribution in [1.82, 2.24) is 9.88 Å². The van der Waals surface area contributed by atoms with E-state index in [1.54, 1.807) is 24.3 Å².